The summed E-state index contributed by atoms with van der Waals surface area (Å²) in [5, 5.41) is 26.6. The number of ketones is 1. The Bertz CT molecular complexity index is 1290. The number of ether oxygens (including phenoxy) is 1. The maximum atomic E-state index is 12.8. The van der Waals surface area contributed by atoms with Gasteiger partial charge in [0.1, 0.15) is 23.8 Å². The number of β-amino-alcohol motifs (C(OH)–C–C–N with tert-alkyl or cyclic N) is 2. The molecular weight excluding hydrogens is 542 g/mol. The van der Waals surface area contributed by atoms with E-state index in [1.54, 1.807) is 19.9 Å². The van der Waals surface area contributed by atoms with E-state index in [1.807, 2.05) is 13.8 Å². The van der Waals surface area contributed by atoms with E-state index >= 15 is 0 Å². The number of methoxy groups -OCH3 is 1. The molecule has 0 bridgehead atoms. The lowest BCUT2D eigenvalue weighted by molar-refractivity contribution is -0.149. The molecule has 2 aromatic heterocycles. The topological polar surface area (TPSA) is 220 Å². The average molecular weight is 578 g/mol. The number of esters is 1. The van der Waals surface area contributed by atoms with Crippen LogP contribution in [0.3, 0.4) is 0 Å². The zero-order chi connectivity index (χ0) is 30.6. The van der Waals surface area contributed by atoms with Gasteiger partial charge in [0.15, 0.2) is 0 Å². The van der Waals surface area contributed by atoms with Crippen LogP contribution >= 0.6 is 0 Å². The molecule has 41 heavy (non-hydrogen) atoms. The minimum atomic E-state index is -0.963. The summed E-state index contributed by atoms with van der Waals surface area (Å²) in [4.78, 5) is 62.2. The summed E-state index contributed by atoms with van der Waals surface area (Å²) in [5.74, 6) is -3.67. The Balaban J connectivity index is 0.000000226. The average Bonchev–Trinajstić information content (AvgIpc) is 3.70. The Morgan fingerprint density at radius 1 is 0.951 bits per heavy atom. The van der Waals surface area contributed by atoms with Crippen molar-refractivity contribution in [3.8, 4) is 0 Å². The maximum absolute atomic E-state index is 12.8. The number of aryl methyl sites for hydroxylation is 2. The number of aliphatic hydroxyl groups excluding tert-OH is 2. The fourth-order valence-electron chi connectivity index (χ4n) is 4.88. The van der Waals surface area contributed by atoms with Gasteiger partial charge in [-0.2, -0.15) is 0 Å². The highest BCUT2D eigenvalue weighted by Crippen LogP contribution is 2.31. The smallest absolute Gasteiger partial charge is 0.328 e. The van der Waals surface area contributed by atoms with E-state index in [-0.39, 0.29) is 43.5 Å². The SMILES string of the molecule is COC(=O)[C@@H]1C[C@@H](O)CN1C(=O)C(=O)c1cc(C)no1.Cc1cc(C(C(=O)N2C[C@H](O)C[C@H]2C(N)=O)C(C)C)on1. The van der Waals surface area contributed by atoms with Crippen LogP contribution in [0.5, 0.6) is 0 Å². The molecule has 0 radical (unpaired) electrons. The first-order valence-corrected chi connectivity index (χ1v) is 13.0. The number of carbonyl (C=O) groups is 5. The van der Waals surface area contributed by atoms with E-state index in [0.717, 1.165) is 4.90 Å². The van der Waals surface area contributed by atoms with Gasteiger partial charge in [0.25, 0.3) is 11.7 Å². The number of rotatable bonds is 7. The van der Waals surface area contributed by atoms with Crippen molar-refractivity contribution in [2.75, 3.05) is 20.2 Å². The highest BCUT2D eigenvalue weighted by molar-refractivity contribution is 6.42. The van der Waals surface area contributed by atoms with Gasteiger partial charge >= 0.3 is 5.97 Å². The number of carbonyl (C=O) groups excluding carboxylic acids is 5. The number of hydrogen-bond acceptors (Lipinski definition) is 12. The van der Waals surface area contributed by atoms with Crippen LogP contribution in [0.4, 0.5) is 0 Å². The van der Waals surface area contributed by atoms with Crippen LogP contribution in [0.2, 0.25) is 0 Å². The number of nitrogens with zero attached hydrogens (tertiary/aromatic N) is 4. The molecule has 1 unspecified atom stereocenters. The number of aromatic nitrogens is 2. The minimum Gasteiger partial charge on any atom is -0.467 e. The summed E-state index contributed by atoms with van der Waals surface area (Å²) in [6, 6.07) is 1.32. The highest BCUT2D eigenvalue weighted by atomic mass is 16.5. The molecule has 2 aromatic rings. The van der Waals surface area contributed by atoms with E-state index in [0.29, 0.717) is 17.1 Å². The molecule has 2 fully saturated rings. The summed E-state index contributed by atoms with van der Waals surface area (Å²) in [5.41, 5.74) is 6.48. The number of nitrogens with two attached hydrogens (primary N) is 1. The Kier molecular flexibility index (Phi) is 9.99. The fourth-order valence-corrected chi connectivity index (χ4v) is 4.88. The van der Waals surface area contributed by atoms with Crippen LogP contribution in [0.25, 0.3) is 0 Å². The second kappa shape index (κ2) is 13.0. The summed E-state index contributed by atoms with van der Waals surface area (Å²) in [6.45, 7) is 7.20. The molecular formula is C26H35N5O10. The summed E-state index contributed by atoms with van der Waals surface area (Å²) in [7, 11) is 1.18. The third kappa shape index (κ3) is 7.16. The fraction of sp³-hybridized carbons (Fsp3) is 0.577. The molecule has 224 valence electrons. The van der Waals surface area contributed by atoms with Gasteiger partial charge in [0.05, 0.1) is 30.7 Å². The van der Waals surface area contributed by atoms with Gasteiger partial charge in [0.2, 0.25) is 17.6 Å². The van der Waals surface area contributed by atoms with Crippen LogP contribution in [-0.4, -0.2) is 104 Å². The Morgan fingerprint density at radius 2 is 1.51 bits per heavy atom. The molecule has 5 atom stereocenters. The van der Waals surface area contributed by atoms with E-state index < -0.39 is 53.8 Å². The van der Waals surface area contributed by atoms with E-state index in [4.69, 9.17) is 14.8 Å². The summed E-state index contributed by atoms with van der Waals surface area (Å²) >= 11 is 0. The molecule has 0 aromatic carbocycles. The molecule has 2 saturated heterocycles. The molecule has 4 heterocycles. The molecule has 0 aliphatic carbocycles. The predicted octanol–water partition coefficient (Wildman–Crippen LogP) is -0.530. The van der Waals surface area contributed by atoms with Crippen molar-refractivity contribution < 1.29 is 48.0 Å². The Morgan fingerprint density at radius 3 is 2.00 bits per heavy atom. The molecule has 2 aliphatic rings. The van der Waals surface area contributed by atoms with Gasteiger partial charge in [-0.15, -0.1) is 0 Å². The standard InChI is InChI=1S/C14H21N3O4.C12H14N2O6/c1-7(2)12(11-4-8(3)16-21-11)14(20)17-6-9(18)5-10(17)13(15)19;1-6-3-9(20-13-6)10(16)11(17)14-5-7(15)4-8(14)12(18)19-2/h4,7,9-10,12,18H,5-6H2,1-3H3,(H2,15,19);3,7-8,15H,4-5H2,1-2H3/t9-,10+,12?;7-,8+/m11/s1. The van der Waals surface area contributed by atoms with Crippen LogP contribution in [0.1, 0.15) is 60.3 Å². The maximum Gasteiger partial charge on any atom is 0.328 e. The number of hydrogen-bond donors (Lipinski definition) is 3. The molecule has 15 heteroatoms. The molecule has 4 rings (SSSR count). The number of likely N-dealkylation sites (tertiary alicyclic amines) is 2. The van der Waals surface area contributed by atoms with Crippen molar-refractivity contribution in [1.82, 2.24) is 20.1 Å². The van der Waals surface area contributed by atoms with Crippen molar-refractivity contribution in [2.45, 2.75) is 70.7 Å². The summed E-state index contributed by atoms with van der Waals surface area (Å²) < 4.78 is 14.5. The van der Waals surface area contributed by atoms with Crippen LogP contribution < -0.4 is 5.73 Å². The van der Waals surface area contributed by atoms with Gasteiger partial charge in [-0.3, -0.25) is 19.2 Å². The quantitative estimate of drug-likeness (QED) is 0.215. The van der Waals surface area contributed by atoms with Crippen molar-refractivity contribution in [3.63, 3.8) is 0 Å². The third-order valence-electron chi connectivity index (χ3n) is 6.84. The Hall–Kier alpha value is -4.11. The first kappa shape index (κ1) is 31.4. The van der Waals surface area contributed by atoms with Gasteiger partial charge in [0, 0.05) is 38.1 Å². The molecule has 2 aliphatic heterocycles. The van der Waals surface area contributed by atoms with Crippen LogP contribution in [0.15, 0.2) is 21.2 Å². The minimum absolute atomic E-state index is 0.0314. The second-order valence-electron chi connectivity index (χ2n) is 10.4. The number of primary amides is 1. The lowest BCUT2D eigenvalue weighted by Gasteiger charge is -2.27. The molecule has 4 N–H and O–H groups in total. The van der Waals surface area contributed by atoms with Crippen LogP contribution in [0, 0.1) is 19.8 Å². The third-order valence-corrected chi connectivity index (χ3v) is 6.84. The van der Waals surface area contributed by atoms with Gasteiger partial charge in [-0.25, -0.2) is 4.79 Å². The first-order chi connectivity index (χ1) is 19.2. The van der Waals surface area contributed by atoms with Crippen molar-refractivity contribution in [1.29, 1.82) is 0 Å². The van der Waals surface area contributed by atoms with Crippen LogP contribution in [-0.2, 0) is 23.9 Å². The van der Waals surface area contributed by atoms with E-state index in [2.05, 4.69) is 15.1 Å². The van der Waals surface area contributed by atoms with E-state index in [9.17, 15) is 34.2 Å². The number of Topliss-reactive ketones (excluding diaryl/α,β-unsaturated/α-hetero) is 1. The monoisotopic (exact) mass is 577 g/mol. The van der Waals surface area contributed by atoms with Gasteiger partial charge < -0.3 is 39.5 Å². The van der Waals surface area contributed by atoms with Crippen molar-refractivity contribution >= 4 is 29.5 Å². The molecule has 3 amide bonds. The first-order valence-electron chi connectivity index (χ1n) is 13.0. The predicted molar refractivity (Wildman–Crippen MR) is 138 cm³/mol. The highest BCUT2D eigenvalue weighted by Gasteiger charge is 2.43. The molecule has 0 spiro atoms. The van der Waals surface area contributed by atoms with Crippen molar-refractivity contribution in [3.05, 3.63) is 35.0 Å². The van der Waals surface area contributed by atoms with Crippen molar-refractivity contribution in [2.24, 2.45) is 11.7 Å². The second-order valence-corrected chi connectivity index (χ2v) is 10.4. The zero-order valence-electron chi connectivity index (χ0n) is 23.5. The van der Waals surface area contributed by atoms with Gasteiger partial charge in [-0.05, 0) is 19.8 Å². The lowest BCUT2D eigenvalue weighted by atomic mass is 9.91. The Labute approximate surface area is 235 Å². The lowest BCUT2D eigenvalue weighted by Crippen LogP contribution is -2.46. The van der Waals surface area contributed by atoms with E-state index in [1.165, 1.54) is 18.1 Å². The summed E-state index contributed by atoms with van der Waals surface area (Å²) in [6.07, 6.45) is -1.37. The normalized spacial score (nSPS) is 22.7. The number of aliphatic hydroxyl groups is 2. The molecule has 15 nitrogen and oxygen atoms in total. The zero-order valence-corrected chi connectivity index (χ0v) is 23.5. The molecule has 0 saturated carbocycles. The number of amides is 3. The van der Waals surface area contributed by atoms with Gasteiger partial charge in [-0.1, -0.05) is 24.2 Å². The largest absolute Gasteiger partial charge is 0.467 e.